The van der Waals surface area contributed by atoms with Gasteiger partial charge in [0.25, 0.3) is 11.6 Å². The first kappa shape index (κ1) is 17.8. The van der Waals surface area contributed by atoms with Crippen molar-refractivity contribution in [3.05, 3.63) is 69.5 Å². The lowest BCUT2D eigenvalue weighted by atomic mass is 10.0. The minimum absolute atomic E-state index is 0.0431. The monoisotopic (exact) mass is 359 g/mol. The summed E-state index contributed by atoms with van der Waals surface area (Å²) in [5, 5.41) is 14.2. The van der Waals surface area contributed by atoms with Gasteiger partial charge in [0, 0.05) is 36.8 Å². The van der Waals surface area contributed by atoms with Crippen LogP contribution in [0.5, 0.6) is 5.75 Å². The molecule has 26 heavy (non-hydrogen) atoms. The quantitative estimate of drug-likeness (QED) is 0.670. The molecule has 0 aliphatic carbocycles. The van der Waals surface area contributed by atoms with Gasteiger partial charge in [0.15, 0.2) is 0 Å². The molecule has 3 rings (SSSR count). The molecule has 0 aromatic heterocycles. The number of halogens is 1. The van der Waals surface area contributed by atoms with Crippen LogP contribution in [0.1, 0.15) is 22.0 Å². The zero-order valence-corrected chi connectivity index (χ0v) is 14.1. The number of amides is 1. The van der Waals surface area contributed by atoms with Crippen LogP contribution in [0, 0.1) is 15.9 Å². The number of nitrogens with one attached hydrogen (secondary N) is 1. The first-order chi connectivity index (χ1) is 12.5. The number of non-ortho nitro benzene ring substituents is 1. The van der Waals surface area contributed by atoms with Crippen LogP contribution in [0.3, 0.4) is 0 Å². The normalized spacial score (nSPS) is 17.0. The van der Waals surface area contributed by atoms with E-state index in [2.05, 4.69) is 5.32 Å². The second kappa shape index (κ2) is 7.49. The molecule has 0 radical (unpaired) electrons. The summed E-state index contributed by atoms with van der Waals surface area (Å²) in [5.41, 5.74) is 0.331. The second-order valence-corrected chi connectivity index (χ2v) is 5.92. The summed E-state index contributed by atoms with van der Waals surface area (Å²) in [7, 11) is 1.55. The van der Waals surface area contributed by atoms with Crippen molar-refractivity contribution in [3.63, 3.8) is 0 Å². The first-order valence-electron chi connectivity index (χ1n) is 8.11. The van der Waals surface area contributed by atoms with Crippen molar-refractivity contribution in [1.29, 1.82) is 0 Å². The number of carbonyl (C=O) groups is 1. The van der Waals surface area contributed by atoms with Gasteiger partial charge in [-0.05, 0) is 12.1 Å². The smallest absolute Gasteiger partial charge is 0.273 e. The average Bonchev–Trinajstić information content (AvgIpc) is 2.66. The number of methoxy groups -OCH3 is 1. The number of benzene rings is 2. The van der Waals surface area contributed by atoms with Crippen molar-refractivity contribution < 1.29 is 18.8 Å². The number of nitro groups is 1. The van der Waals surface area contributed by atoms with E-state index >= 15 is 0 Å². The number of nitrogens with zero attached hydrogens (tertiary/aromatic N) is 2. The molecule has 8 heteroatoms. The van der Waals surface area contributed by atoms with Gasteiger partial charge in [-0.3, -0.25) is 14.9 Å². The Morgan fingerprint density at radius 1 is 1.35 bits per heavy atom. The van der Waals surface area contributed by atoms with E-state index in [1.54, 1.807) is 18.1 Å². The van der Waals surface area contributed by atoms with Gasteiger partial charge >= 0.3 is 0 Å². The van der Waals surface area contributed by atoms with E-state index in [4.69, 9.17) is 4.74 Å². The highest BCUT2D eigenvalue weighted by Crippen LogP contribution is 2.31. The third-order valence-corrected chi connectivity index (χ3v) is 4.34. The molecular formula is C18H18FN3O4. The molecule has 1 heterocycles. The summed E-state index contributed by atoms with van der Waals surface area (Å²) < 4.78 is 19.1. The van der Waals surface area contributed by atoms with Crippen molar-refractivity contribution in [2.75, 3.05) is 26.7 Å². The molecule has 136 valence electrons. The highest BCUT2D eigenvalue weighted by Gasteiger charge is 2.31. The van der Waals surface area contributed by atoms with Crippen LogP contribution in [-0.4, -0.2) is 42.5 Å². The zero-order valence-electron chi connectivity index (χ0n) is 14.1. The predicted octanol–water partition coefficient (Wildman–Crippen LogP) is 2.53. The largest absolute Gasteiger partial charge is 0.496 e. The van der Waals surface area contributed by atoms with Gasteiger partial charge in [0.2, 0.25) is 0 Å². The van der Waals surface area contributed by atoms with Crippen LogP contribution in [0.25, 0.3) is 0 Å². The molecule has 1 fully saturated rings. The van der Waals surface area contributed by atoms with Gasteiger partial charge in [0.05, 0.1) is 24.1 Å². The summed E-state index contributed by atoms with van der Waals surface area (Å²) in [6.45, 7) is 1.48. The van der Waals surface area contributed by atoms with Gasteiger partial charge in [-0.15, -0.1) is 0 Å². The highest BCUT2D eigenvalue weighted by molar-refractivity contribution is 5.95. The fraction of sp³-hybridized carbons (Fsp3) is 0.278. The topological polar surface area (TPSA) is 84.7 Å². The van der Waals surface area contributed by atoms with Crippen LogP contribution < -0.4 is 10.1 Å². The molecule has 1 aliphatic heterocycles. The fourth-order valence-corrected chi connectivity index (χ4v) is 3.14. The number of nitro benzene ring substituents is 1. The minimum Gasteiger partial charge on any atom is -0.496 e. The Labute approximate surface area is 149 Å². The Morgan fingerprint density at radius 3 is 2.85 bits per heavy atom. The van der Waals surface area contributed by atoms with E-state index in [1.807, 2.05) is 18.2 Å². The summed E-state index contributed by atoms with van der Waals surface area (Å²) in [6.07, 6.45) is 0. The van der Waals surface area contributed by atoms with Crippen LogP contribution in [0.15, 0.2) is 42.5 Å². The molecule has 1 saturated heterocycles. The Hall–Kier alpha value is -3.00. The zero-order chi connectivity index (χ0) is 18.7. The van der Waals surface area contributed by atoms with Gasteiger partial charge in [0.1, 0.15) is 11.6 Å². The number of hydrogen-bond donors (Lipinski definition) is 1. The first-order valence-corrected chi connectivity index (χ1v) is 8.11. The molecule has 1 aliphatic rings. The van der Waals surface area contributed by atoms with Gasteiger partial charge < -0.3 is 15.0 Å². The van der Waals surface area contributed by atoms with Crippen LogP contribution >= 0.6 is 0 Å². The van der Waals surface area contributed by atoms with Crippen molar-refractivity contribution in [2.45, 2.75) is 6.04 Å². The van der Waals surface area contributed by atoms with E-state index < -0.39 is 22.3 Å². The molecule has 0 saturated carbocycles. The molecule has 1 unspecified atom stereocenters. The van der Waals surface area contributed by atoms with E-state index in [0.717, 1.165) is 23.8 Å². The number of carbonyl (C=O) groups excluding carboxylic acids is 1. The maximum Gasteiger partial charge on any atom is 0.273 e. The molecule has 0 bridgehead atoms. The van der Waals surface area contributed by atoms with Gasteiger partial charge in [-0.25, -0.2) is 4.39 Å². The van der Waals surface area contributed by atoms with Crippen LogP contribution in [0.4, 0.5) is 10.1 Å². The fourth-order valence-electron chi connectivity index (χ4n) is 3.14. The van der Waals surface area contributed by atoms with Crippen molar-refractivity contribution >= 4 is 11.6 Å². The third kappa shape index (κ3) is 3.50. The Morgan fingerprint density at radius 2 is 2.12 bits per heavy atom. The predicted molar refractivity (Wildman–Crippen MR) is 92.7 cm³/mol. The third-order valence-electron chi connectivity index (χ3n) is 4.34. The van der Waals surface area contributed by atoms with E-state index in [9.17, 15) is 19.3 Å². The Kier molecular flexibility index (Phi) is 5.13. The minimum atomic E-state index is -0.813. The van der Waals surface area contributed by atoms with Crippen molar-refractivity contribution in [1.82, 2.24) is 10.2 Å². The van der Waals surface area contributed by atoms with E-state index in [1.165, 1.54) is 0 Å². The number of para-hydroxylation sites is 1. The summed E-state index contributed by atoms with van der Waals surface area (Å²) >= 11 is 0. The van der Waals surface area contributed by atoms with E-state index in [0.29, 0.717) is 25.4 Å². The molecule has 1 amide bonds. The summed E-state index contributed by atoms with van der Waals surface area (Å²) in [5.74, 6) is -0.624. The highest BCUT2D eigenvalue weighted by atomic mass is 19.1. The van der Waals surface area contributed by atoms with Crippen LogP contribution in [0.2, 0.25) is 0 Å². The molecular weight excluding hydrogens is 341 g/mol. The molecule has 1 N–H and O–H groups in total. The molecule has 2 aromatic rings. The lowest BCUT2D eigenvalue weighted by Gasteiger charge is -2.37. The molecule has 1 atom stereocenters. The average molecular weight is 359 g/mol. The maximum atomic E-state index is 13.7. The molecule has 2 aromatic carbocycles. The van der Waals surface area contributed by atoms with Crippen molar-refractivity contribution in [3.8, 4) is 5.75 Å². The number of piperazine rings is 1. The summed E-state index contributed by atoms with van der Waals surface area (Å²) in [4.78, 5) is 24.8. The maximum absolute atomic E-state index is 13.7. The van der Waals surface area contributed by atoms with E-state index in [-0.39, 0.29) is 11.6 Å². The number of hydrogen-bond acceptors (Lipinski definition) is 5. The molecule has 7 nitrogen and oxygen atoms in total. The Balaban J connectivity index is 1.98. The van der Waals surface area contributed by atoms with Crippen molar-refractivity contribution in [2.24, 2.45) is 0 Å². The van der Waals surface area contributed by atoms with Gasteiger partial charge in [-0.1, -0.05) is 18.2 Å². The second-order valence-electron chi connectivity index (χ2n) is 5.92. The van der Waals surface area contributed by atoms with Crippen LogP contribution in [-0.2, 0) is 0 Å². The summed E-state index contributed by atoms with van der Waals surface area (Å²) in [6, 6.07) is 9.96. The lowest BCUT2D eigenvalue weighted by Crippen LogP contribution is -2.48. The SMILES string of the molecule is COc1ccccc1C1CNCCN1C(=O)c1cc(F)cc([N+](=O)[O-])c1. The lowest BCUT2D eigenvalue weighted by molar-refractivity contribution is -0.385. The Bertz CT molecular complexity index is 843. The number of ether oxygens (including phenoxy) is 1. The molecule has 0 spiro atoms. The standard InChI is InChI=1S/C18H18FN3O4/c1-26-17-5-3-2-4-15(17)16-11-20-6-7-21(16)18(23)12-8-13(19)10-14(9-12)22(24)25/h2-5,8-10,16,20H,6-7,11H2,1H3. The number of rotatable bonds is 4. The van der Waals surface area contributed by atoms with Gasteiger partial charge in [-0.2, -0.15) is 0 Å².